The molecule has 1 aromatic carbocycles. The molecule has 1 aliphatic heterocycles. The van der Waals surface area contributed by atoms with Gasteiger partial charge in [-0.3, -0.25) is 4.48 Å². The third-order valence-corrected chi connectivity index (χ3v) is 3.89. The van der Waals surface area contributed by atoms with Gasteiger partial charge in [0.25, 0.3) is 0 Å². The number of ether oxygens (including phenoxy) is 1. The quantitative estimate of drug-likeness (QED) is 0.348. The number of hydrogen-bond acceptors (Lipinski definition) is 2. The molecule has 2 unspecified atom stereocenters. The summed E-state index contributed by atoms with van der Waals surface area (Å²) in [5.74, 6) is -0.111. The van der Waals surface area contributed by atoms with Crippen LogP contribution in [0.4, 0.5) is 0 Å². The average molecular weight is 288 g/mol. The van der Waals surface area contributed by atoms with Gasteiger partial charge in [0.2, 0.25) is 0 Å². The average Bonchev–Trinajstić information content (AvgIpc) is 3.00. The number of benzene rings is 1. The molecule has 1 fully saturated rings. The second-order valence-corrected chi connectivity index (χ2v) is 6.96. The monoisotopic (exact) mass is 288 g/mol. The fourth-order valence-corrected chi connectivity index (χ4v) is 2.89. The van der Waals surface area contributed by atoms with Crippen LogP contribution in [0.3, 0.4) is 0 Å². The van der Waals surface area contributed by atoms with Crippen LogP contribution in [0.15, 0.2) is 43.0 Å². The number of hydrogen-bond donors (Lipinski definition) is 0. The van der Waals surface area contributed by atoms with Crippen molar-refractivity contribution in [1.82, 2.24) is 0 Å². The highest BCUT2D eigenvalue weighted by Crippen LogP contribution is 2.33. The lowest BCUT2D eigenvalue weighted by molar-refractivity contribution is -0.799. The highest BCUT2D eigenvalue weighted by atomic mass is 16.6. The predicted octanol–water partition coefficient (Wildman–Crippen LogP) is 2.96. The zero-order chi connectivity index (χ0) is 15.5. The Bertz CT molecular complexity index is 504. The first-order chi connectivity index (χ1) is 9.85. The molecule has 0 aliphatic carbocycles. The SMILES string of the molecule is C=CC[N+]1(CC(=O)OC(C)(C)C)CC1Cc1ccccc1. The molecule has 1 aromatic rings. The summed E-state index contributed by atoms with van der Waals surface area (Å²) in [5.41, 5.74) is 0.913. The van der Waals surface area contributed by atoms with Gasteiger partial charge in [-0.15, -0.1) is 0 Å². The van der Waals surface area contributed by atoms with Gasteiger partial charge in [-0.1, -0.05) is 36.9 Å². The van der Waals surface area contributed by atoms with E-state index in [1.54, 1.807) is 0 Å². The lowest BCUT2D eigenvalue weighted by atomic mass is 10.1. The number of carbonyl (C=O) groups is 1. The summed E-state index contributed by atoms with van der Waals surface area (Å²) in [6.07, 6.45) is 2.92. The van der Waals surface area contributed by atoms with Crippen molar-refractivity contribution in [2.45, 2.75) is 38.8 Å². The van der Waals surface area contributed by atoms with E-state index in [1.807, 2.05) is 32.9 Å². The normalized spacial score (nSPS) is 24.4. The maximum absolute atomic E-state index is 12.1. The van der Waals surface area contributed by atoms with Crippen LogP contribution in [0.1, 0.15) is 26.3 Å². The molecule has 3 heteroatoms. The van der Waals surface area contributed by atoms with Crippen molar-refractivity contribution in [3.8, 4) is 0 Å². The van der Waals surface area contributed by atoms with Gasteiger partial charge in [0.1, 0.15) is 18.2 Å². The van der Waals surface area contributed by atoms with E-state index >= 15 is 0 Å². The Balaban J connectivity index is 1.97. The van der Waals surface area contributed by atoms with Gasteiger partial charge in [-0.05, 0) is 32.4 Å². The van der Waals surface area contributed by atoms with Crippen LogP contribution in [0.2, 0.25) is 0 Å². The number of rotatable bonds is 6. The summed E-state index contributed by atoms with van der Waals surface area (Å²) >= 11 is 0. The minimum Gasteiger partial charge on any atom is -0.456 e. The Labute approximate surface area is 127 Å². The number of carbonyl (C=O) groups excluding carboxylic acids is 1. The first-order valence-electron chi connectivity index (χ1n) is 7.57. The Morgan fingerprint density at radius 3 is 2.62 bits per heavy atom. The van der Waals surface area contributed by atoms with Crippen LogP contribution in [0.25, 0.3) is 0 Å². The smallest absolute Gasteiger partial charge is 0.362 e. The van der Waals surface area contributed by atoms with Crippen LogP contribution in [0.5, 0.6) is 0 Å². The van der Waals surface area contributed by atoms with E-state index in [2.05, 4.69) is 30.8 Å². The summed E-state index contributed by atoms with van der Waals surface area (Å²) in [4.78, 5) is 12.1. The van der Waals surface area contributed by atoms with Crippen molar-refractivity contribution in [2.75, 3.05) is 19.6 Å². The molecule has 114 valence electrons. The Morgan fingerprint density at radius 2 is 2.05 bits per heavy atom. The third-order valence-electron chi connectivity index (χ3n) is 3.89. The molecule has 1 aliphatic rings. The Hall–Kier alpha value is -1.61. The van der Waals surface area contributed by atoms with Crippen LogP contribution in [-0.2, 0) is 16.0 Å². The van der Waals surface area contributed by atoms with Crippen molar-refractivity contribution in [1.29, 1.82) is 0 Å². The molecule has 2 rings (SSSR count). The number of nitrogens with zero attached hydrogens (tertiary/aromatic N) is 1. The molecule has 0 aromatic heterocycles. The second-order valence-electron chi connectivity index (χ2n) is 6.96. The lowest BCUT2D eigenvalue weighted by Crippen LogP contribution is -2.39. The molecule has 3 nitrogen and oxygen atoms in total. The minimum atomic E-state index is -0.416. The highest BCUT2D eigenvalue weighted by molar-refractivity contribution is 5.71. The summed E-state index contributed by atoms with van der Waals surface area (Å²) in [7, 11) is 0. The molecule has 21 heavy (non-hydrogen) atoms. The van der Waals surface area contributed by atoms with Crippen LogP contribution < -0.4 is 0 Å². The minimum absolute atomic E-state index is 0.111. The predicted molar refractivity (Wildman–Crippen MR) is 84.8 cm³/mol. The van der Waals surface area contributed by atoms with Gasteiger partial charge in [-0.25, -0.2) is 4.79 Å². The van der Waals surface area contributed by atoms with E-state index in [-0.39, 0.29) is 5.97 Å². The molecular weight excluding hydrogens is 262 g/mol. The topological polar surface area (TPSA) is 26.3 Å². The summed E-state index contributed by atoms with van der Waals surface area (Å²) in [6, 6.07) is 10.9. The zero-order valence-corrected chi connectivity index (χ0v) is 13.3. The Morgan fingerprint density at radius 1 is 1.38 bits per heavy atom. The molecule has 0 saturated carbocycles. The van der Waals surface area contributed by atoms with Crippen molar-refractivity contribution < 1.29 is 14.0 Å². The standard InChI is InChI=1S/C18H26NO2/c1-5-11-19(14-17(20)21-18(2,3)4)13-16(19)12-15-9-7-6-8-10-15/h5-10,16H,1,11-14H2,2-4H3/q+1. The van der Waals surface area contributed by atoms with E-state index in [1.165, 1.54) is 5.56 Å². The van der Waals surface area contributed by atoms with E-state index in [0.717, 1.165) is 24.0 Å². The van der Waals surface area contributed by atoms with Crippen molar-refractivity contribution in [3.05, 3.63) is 48.6 Å². The van der Waals surface area contributed by atoms with Gasteiger partial charge in [0.05, 0.1) is 6.54 Å². The van der Waals surface area contributed by atoms with Gasteiger partial charge >= 0.3 is 5.97 Å². The molecule has 0 amide bonds. The van der Waals surface area contributed by atoms with Crippen molar-refractivity contribution in [2.24, 2.45) is 0 Å². The fourth-order valence-electron chi connectivity index (χ4n) is 2.89. The van der Waals surface area contributed by atoms with Gasteiger partial charge in [0, 0.05) is 6.42 Å². The number of esters is 1. The van der Waals surface area contributed by atoms with E-state index < -0.39 is 5.60 Å². The Kier molecular flexibility index (Phi) is 4.52. The largest absolute Gasteiger partial charge is 0.456 e. The van der Waals surface area contributed by atoms with Crippen LogP contribution in [0, 0.1) is 0 Å². The molecule has 1 saturated heterocycles. The summed E-state index contributed by atoms with van der Waals surface area (Å²) < 4.78 is 6.25. The fraction of sp³-hybridized carbons (Fsp3) is 0.500. The van der Waals surface area contributed by atoms with Gasteiger partial charge in [-0.2, -0.15) is 0 Å². The van der Waals surface area contributed by atoms with Gasteiger partial charge < -0.3 is 4.74 Å². The molecule has 2 atom stereocenters. The molecule has 0 radical (unpaired) electrons. The highest BCUT2D eigenvalue weighted by Gasteiger charge is 2.55. The van der Waals surface area contributed by atoms with E-state index in [4.69, 9.17) is 4.74 Å². The molecule has 1 heterocycles. The van der Waals surface area contributed by atoms with Crippen molar-refractivity contribution >= 4 is 5.97 Å². The summed E-state index contributed by atoms with van der Waals surface area (Å²) in [5, 5.41) is 0. The second kappa shape index (κ2) is 6.02. The molecule has 0 N–H and O–H groups in total. The third kappa shape index (κ3) is 4.43. The van der Waals surface area contributed by atoms with E-state index in [9.17, 15) is 4.79 Å². The summed E-state index contributed by atoms with van der Waals surface area (Å²) in [6.45, 7) is 11.9. The lowest BCUT2D eigenvalue weighted by Gasteiger charge is -2.23. The van der Waals surface area contributed by atoms with Crippen molar-refractivity contribution in [3.63, 3.8) is 0 Å². The van der Waals surface area contributed by atoms with Crippen LogP contribution in [-0.4, -0.2) is 41.7 Å². The maximum Gasteiger partial charge on any atom is 0.362 e. The molecular formula is C18H26NO2+. The molecule has 0 spiro atoms. The zero-order valence-electron chi connectivity index (χ0n) is 13.3. The van der Waals surface area contributed by atoms with Crippen LogP contribution >= 0.6 is 0 Å². The first-order valence-corrected chi connectivity index (χ1v) is 7.57. The first kappa shape index (κ1) is 15.8. The maximum atomic E-state index is 12.1. The molecule has 0 bridgehead atoms. The van der Waals surface area contributed by atoms with E-state index in [0.29, 0.717) is 12.6 Å². The number of quaternary nitrogens is 1. The van der Waals surface area contributed by atoms with Gasteiger partial charge in [0.15, 0.2) is 6.54 Å².